The van der Waals surface area contributed by atoms with Crippen molar-refractivity contribution in [3.8, 4) is 22.9 Å². The van der Waals surface area contributed by atoms with Gasteiger partial charge in [0, 0.05) is 42.2 Å². The quantitative estimate of drug-likeness (QED) is 0.524. The lowest BCUT2D eigenvalue weighted by molar-refractivity contribution is -0.118. The fourth-order valence-corrected chi connectivity index (χ4v) is 3.13. The van der Waals surface area contributed by atoms with Crippen LogP contribution < -0.4 is 19.7 Å². The number of carbonyl (C=O) groups excluding carboxylic acids is 1. The van der Waals surface area contributed by atoms with Gasteiger partial charge in [-0.05, 0) is 51.1 Å². The van der Waals surface area contributed by atoms with Gasteiger partial charge in [-0.2, -0.15) is 0 Å². The molecule has 0 fully saturated rings. The summed E-state index contributed by atoms with van der Waals surface area (Å²) in [6, 6.07) is 18.8. The van der Waals surface area contributed by atoms with Crippen molar-refractivity contribution in [1.82, 2.24) is 10.2 Å². The largest absolute Gasteiger partial charge is 0.484 e. The van der Waals surface area contributed by atoms with E-state index in [0.717, 1.165) is 30.0 Å². The van der Waals surface area contributed by atoms with Gasteiger partial charge in [0.15, 0.2) is 6.61 Å². The highest BCUT2D eigenvalue weighted by Gasteiger charge is 2.07. The fourth-order valence-electron chi connectivity index (χ4n) is 3.13. The first kappa shape index (κ1) is 22.1. The smallest absolute Gasteiger partial charge is 0.262 e. The van der Waals surface area contributed by atoms with E-state index < -0.39 is 0 Å². The third kappa shape index (κ3) is 6.18. The molecule has 162 valence electrons. The van der Waals surface area contributed by atoms with Crippen LogP contribution in [-0.2, 0) is 4.79 Å². The Morgan fingerprint density at radius 3 is 2.35 bits per heavy atom. The van der Waals surface area contributed by atoms with Crippen LogP contribution in [0.15, 0.2) is 60.7 Å². The lowest BCUT2D eigenvalue weighted by Gasteiger charge is -2.21. The summed E-state index contributed by atoms with van der Waals surface area (Å²) in [7, 11) is 0. The van der Waals surface area contributed by atoms with Crippen LogP contribution in [0, 0.1) is 0 Å². The monoisotopic (exact) mass is 420 g/mol. The van der Waals surface area contributed by atoms with Crippen LogP contribution in [0.25, 0.3) is 11.3 Å². The lowest BCUT2D eigenvalue weighted by Crippen LogP contribution is -2.22. The summed E-state index contributed by atoms with van der Waals surface area (Å²) in [4.78, 5) is 14.5. The summed E-state index contributed by atoms with van der Waals surface area (Å²) >= 11 is 0. The molecule has 0 bridgehead atoms. The molecule has 0 atom stereocenters. The highest BCUT2D eigenvalue weighted by Crippen LogP contribution is 2.22. The first-order valence-corrected chi connectivity index (χ1v) is 10.5. The van der Waals surface area contributed by atoms with E-state index in [4.69, 9.17) is 9.47 Å². The predicted octanol–water partition coefficient (Wildman–Crippen LogP) is 4.41. The van der Waals surface area contributed by atoms with E-state index in [1.807, 2.05) is 61.5 Å². The number of amides is 1. The lowest BCUT2D eigenvalue weighted by atomic mass is 10.1. The van der Waals surface area contributed by atoms with Crippen LogP contribution in [0.3, 0.4) is 0 Å². The van der Waals surface area contributed by atoms with Gasteiger partial charge in [0.2, 0.25) is 5.88 Å². The van der Waals surface area contributed by atoms with Crippen molar-refractivity contribution in [3.05, 3.63) is 60.7 Å². The molecule has 7 heteroatoms. The Bertz CT molecular complexity index is 971. The molecular formula is C24H28N4O3. The maximum Gasteiger partial charge on any atom is 0.262 e. The SMILES string of the molecule is CCOc1ccc(-c2ccc(NC(=O)COc3cccc(N(CC)CC)c3)cc2)nn1. The third-order valence-electron chi connectivity index (χ3n) is 4.71. The molecule has 7 nitrogen and oxygen atoms in total. The first-order chi connectivity index (χ1) is 15.1. The Hall–Kier alpha value is -3.61. The van der Waals surface area contributed by atoms with Gasteiger partial charge in [0.1, 0.15) is 5.75 Å². The maximum absolute atomic E-state index is 12.3. The zero-order chi connectivity index (χ0) is 22.1. The third-order valence-corrected chi connectivity index (χ3v) is 4.71. The van der Waals surface area contributed by atoms with Crippen LogP contribution in [0.2, 0.25) is 0 Å². The van der Waals surface area contributed by atoms with Crippen LogP contribution in [0.4, 0.5) is 11.4 Å². The summed E-state index contributed by atoms with van der Waals surface area (Å²) in [5, 5.41) is 11.0. The van der Waals surface area contributed by atoms with Gasteiger partial charge in [0.05, 0.1) is 12.3 Å². The minimum Gasteiger partial charge on any atom is -0.484 e. The summed E-state index contributed by atoms with van der Waals surface area (Å²) in [5.41, 5.74) is 3.40. The second-order valence-electron chi connectivity index (χ2n) is 6.77. The molecule has 1 aromatic heterocycles. The van der Waals surface area contributed by atoms with Gasteiger partial charge in [-0.3, -0.25) is 4.79 Å². The van der Waals surface area contributed by atoms with Crippen molar-refractivity contribution >= 4 is 17.3 Å². The number of rotatable bonds is 10. The van der Waals surface area contributed by atoms with E-state index in [1.54, 1.807) is 6.07 Å². The molecule has 3 aromatic rings. The Morgan fingerprint density at radius 1 is 0.935 bits per heavy atom. The number of nitrogens with one attached hydrogen (secondary N) is 1. The number of anilines is 2. The van der Waals surface area contributed by atoms with Crippen LogP contribution in [0.1, 0.15) is 20.8 Å². The molecule has 0 unspecified atom stereocenters. The number of nitrogens with zero attached hydrogens (tertiary/aromatic N) is 3. The van der Waals surface area contributed by atoms with Crippen molar-refractivity contribution in [2.24, 2.45) is 0 Å². The Labute approximate surface area is 183 Å². The van der Waals surface area contributed by atoms with Crippen LogP contribution in [0.5, 0.6) is 11.6 Å². The molecule has 0 spiro atoms. The minimum absolute atomic E-state index is 0.0617. The van der Waals surface area contributed by atoms with Gasteiger partial charge >= 0.3 is 0 Å². The topological polar surface area (TPSA) is 76.6 Å². The zero-order valence-electron chi connectivity index (χ0n) is 18.2. The van der Waals surface area contributed by atoms with Crippen molar-refractivity contribution in [1.29, 1.82) is 0 Å². The number of carbonyl (C=O) groups is 1. The van der Waals surface area contributed by atoms with Gasteiger partial charge in [-0.25, -0.2) is 0 Å². The molecule has 1 N–H and O–H groups in total. The van der Waals surface area contributed by atoms with Crippen LogP contribution >= 0.6 is 0 Å². The Kier molecular flexibility index (Phi) is 7.81. The van der Waals surface area contributed by atoms with Crippen molar-refractivity contribution in [2.45, 2.75) is 20.8 Å². The number of hydrogen-bond acceptors (Lipinski definition) is 6. The van der Waals surface area contributed by atoms with E-state index in [0.29, 0.717) is 23.9 Å². The molecule has 0 aliphatic heterocycles. The summed E-state index contributed by atoms with van der Waals surface area (Å²) in [5.74, 6) is 0.948. The number of benzene rings is 2. The van der Waals surface area contributed by atoms with Gasteiger partial charge in [0.25, 0.3) is 5.91 Å². The average molecular weight is 421 g/mol. The summed E-state index contributed by atoms with van der Waals surface area (Å²) in [6.07, 6.45) is 0. The second-order valence-corrected chi connectivity index (χ2v) is 6.77. The van der Waals surface area contributed by atoms with E-state index >= 15 is 0 Å². The molecule has 0 aliphatic rings. The van der Waals surface area contributed by atoms with E-state index in [9.17, 15) is 4.79 Å². The molecule has 3 rings (SSSR count). The van der Waals surface area contributed by atoms with Gasteiger partial charge in [-0.15, -0.1) is 10.2 Å². The van der Waals surface area contributed by atoms with Gasteiger partial charge < -0.3 is 19.7 Å². The molecule has 0 radical (unpaired) electrons. The second kappa shape index (κ2) is 11.0. The Morgan fingerprint density at radius 2 is 1.71 bits per heavy atom. The molecular weight excluding hydrogens is 392 g/mol. The number of ether oxygens (including phenoxy) is 2. The van der Waals surface area contributed by atoms with Gasteiger partial charge in [-0.1, -0.05) is 18.2 Å². The molecule has 1 amide bonds. The first-order valence-electron chi connectivity index (χ1n) is 10.5. The van der Waals surface area contributed by atoms with E-state index in [1.165, 1.54) is 0 Å². The Balaban J connectivity index is 1.54. The van der Waals surface area contributed by atoms with E-state index in [-0.39, 0.29) is 12.5 Å². The van der Waals surface area contributed by atoms with Crippen LogP contribution in [-0.4, -0.2) is 42.4 Å². The van der Waals surface area contributed by atoms with Crippen molar-refractivity contribution < 1.29 is 14.3 Å². The molecule has 0 saturated carbocycles. The molecule has 31 heavy (non-hydrogen) atoms. The average Bonchev–Trinajstić information content (AvgIpc) is 2.80. The number of aromatic nitrogens is 2. The zero-order valence-corrected chi connectivity index (χ0v) is 18.2. The fraction of sp³-hybridized carbons (Fsp3) is 0.292. The molecule has 2 aromatic carbocycles. The highest BCUT2D eigenvalue weighted by molar-refractivity contribution is 5.92. The maximum atomic E-state index is 12.3. The standard InChI is InChI=1S/C24H28N4O3/c1-4-28(5-2)20-8-7-9-21(16-20)31-17-23(29)25-19-12-10-18(11-13-19)22-14-15-24(27-26-22)30-6-3/h7-16H,4-6,17H2,1-3H3,(H,25,29). The summed E-state index contributed by atoms with van der Waals surface area (Å²) < 4.78 is 11.0. The van der Waals surface area contributed by atoms with Crippen molar-refractivity contribution in [3.63, 3.8) is 0 Å². The summed E-state index contributed by atoms with van der Waals surface area (Å²) in [6.45, 7) is 8.44. The van der Waals surface area contributed by atoms with Crippen molar-refractivity contribution in [2.75, 3.05) is 36.5 Å². The molecule has 1 heterocycles. The minimum atomic E-state index is -0.221. The molecule has 0 saturated heterocycles. The normalized spacial score (nSPS) is 10.4. The highest BCUT2D eigenvalue weighted by atomic mass is 16.5. The number of hydrogen-bond donors (Lipinski definition) is 1. The predicted molar refractivity (Wildman–Crippen MR) is 123 cm³/mol. The van der Waals surface area contributed by atoms with E-state index in [2.05, 4.69) is 34.3 Å². The molecule has 0 aliphatic carbocycles.